The quantitative estimate of drug-likeness (QED) is 0.598. The molecule has 1 nitrogen and oxygen atoms in total. The molecular formula is C10H11FIN. The van der Waals surface area contributed by atoms with Crippen molar-refractivity contribution in [2.24, 2.45) is 0 Å². The van der Waals surface area contributed by atoms with Crippen LogP contribution in [0.25, 0.3) is 0 Å². The van der Waals surface area contributed by atoms with Crippen LogP contribution in [0.1, 0.15) is 5.56 Å². The highest BCUT2D eigenvalue weighted by atomic mass is 127. The van der Waals surface area contributed by atoms with Gasteiger partial charge in [0.15, 0.2) is 0 Å². The first kappa shape index (κ1) is 9.24. The molecule has 0 aliphatic carbocycles. The van der Waals surface area contributed by atoms with Crippen LogP contribution < -0.4 is 4.90 Å². The fraction of sp³-hybridized carbons (Fsp3) is 0.400. The zero-order valence-electron chi connectivity index (χ0n) is 7.26. The van der Waals surface area contributed by atoms with Gasteiger partial charge >= 0.3 is 0 Å². The molecule has 0 radical (unpaired) electrons. The summed E-state index contributed by atoms with van der Waals surface area (Å²) in [6.45, 7) is 2.11. The lowest BCUT2D eigenvalue weighted by Crippen LogP contribution is -2.22. The summed E-state index contributed by atoms with van der Waals surface area (Å²) in [7, 11) is 0. The number of nitrogens with zero attached hydrogens (tertiary/aromatic N) is 1. The lowest BCUT2D eigenvalue weighted by atomic mass is 10.2. The third-order valence-corrected chi connectivity index (χ3v) is 2.87. The van der Waals surface area contributed by atoms with Gasteiger partial charge in [-0.15, -0.1) is 0 Å². The molecule has 0 unspecified atom stereocenters. The van der Waals surface area contributed by atoms with Gasteiger partial charge in [0.2, 0.25) is 0 Å². The standard InChI is InChI=1S/C10H11FIN/c11-9-1-2-10-8(7-9)3-5-13(10)6-4-12/h1-2,7H,3-6H2. The molecule has 0 aromatic heterocycles. The topological polar surface area (TPSA) is 3.24 Å². The number of rotatable bonds is 2. The average Bonchev–Trinajstić information content (AvgIpc) is 2.49. The van der Waals surface area contributed by atoms with Crippen LogP contribution in [0.4, 0.5) is 10.1 Å². The van der Waals surface area contributed by atoms with E-state index in [1.54, 1.807) is 12.1 Å². The molecule has 0 atom stereocenters. The lowest BCUT2D eigenvalue weighted by Gasteiger charge is -2.17. The van der Waals surface area contributed by atoms with Crippen LogP contribution in [0.2, 0.25) is 0 Å². The molecule has 13 heavy (non-hydrogen) atoms. The van der Waals surface area contributed by atoms with Crippen LogP contribution in [-0.4, -0.2) is 17.5 Å². The van der Waals surface area contributed by atoms with Crippen molar-refractivity contribution in [2.75, 3.05) is 22.4 Å². The van der Waals surface area contributed by atoms with Gasteiger partial charge in [0.05, 0.1) is 0 Å². The molecule has 0 saturated heterocycles. The molecule has 0 N–H and O–H groups in total. The SMILES string of the molecule is Fc1ccc2c(c1)CCN2CCI. The van der Waals surface area contributed by atoms with Crippen molar-refractivity contribution in [2.45, 2.75) is 6.42 Å². The van der Waals surface area contributed by atoms with Crippen LogP contribution >= 0.6 is 22.6 Å². The van der Waals surface area contributed by atoms with Crippen molar-refractivity contribution in [3.63, 3.8) is 0 Å². The molecule has 2 rings (SSSR count). The van der Waals surface area contributed by atoms with Gasteiger partial charge in [-0.2, -0.15) is 0 Å². The third kappa shape index (κ3) is 1.80. The number of benzene rings is 1. The Morgan fingerprint density at radius 2 is 2.31 bits per heavy atom. The van der Waals surface area contributed by atoms with Gasteiger partial charge < -0.3 is 4.90 Å². The van der Waals surface area contributed by atoms with E-state index in [1.807, 2.05) is 6.07 Å². The van der Waals surface area contributed by atoms with Gasteiger partial charge in [0, 0.05) is 23.2 Å². The maximum absolute atomic E-state index is 12.9. The average molecular weight is 291 g/mol. The second kappa shape index (κ2) is 3.82. The Kier molecular flexibility index (Phi) is 2.71. The van der Waals surface area contributed by atoms with Crippen LogP contribution in [0, 0.1) is 5.82 Å². The predicted molar refractivity (Wildman–Crippen MR) is 61.2 cm³/mol. The smallest absolute Gasteiger partial charge is 0.123 e. The van der Waals surface area contributed by atoms with Gasteiger partial charge in [-0.25, -0.2) is 4.39 Å². The molecule has 1 aromatic rings. The minimum Gasteiger partial charge on any atom is -0.370 e. The summed E-state index contributed by atoms with van der Waals surface area (Å²) in [4.78, 5) is 2.32. The first-order chi connectivity index (χ1) is 6.31. The fourth-order valence-corrected chi connectivity index (χ4v) is 2.36. The fourth-order valence-electron chi connectivity index (χ4n) is 1.77. The van der Waals surface area contributed by atoms with E-state index in [4.69, 9.17) is 0 Å². The number of fused-ring (bicyclic) bond motifs is 1. The summed E-state index contributed by atoms with van der Waals surface area (Å²) in [5.41, 5.74) is 2.38. The maximum Gasteiger partial charge on any atom is 0.123 e. The van der Waals surface area contributed by atoms with Crippen molar-refractivity contribution in [1.82, 2.24) is 0 Å². The molecule has 0 saturated carbocycles. The number of halogens is 2. The molecule has 0 fully saturated rings. The Hall–Kier alpha value is -0.320. The predicted octanol–water partition coefficient (Wildman–Crippen LogP) is 2.62. The van der Waals surface area contributed by atoms with Gasteiger partial charge in [-0.1, -0.05) is 22.6 Å². The molecule has 0 spiro atoms. The molecule has 3 heteroatoms. The molecule has 1 aromatic carbocycles. The van der Waals surface area contributed by atoms with E-state index in [0.717, 1.165) is 29.5 Å². The number of anilines is 1. The van der Waals surface area contributed by atoms with Crippen LogP contribution in [0.15, 0.2) is 18.2 Å². The van der Waals surface area contributed by atoms with E-state index in [1.165, 1.54) is 5.69 Å². The highest BCUT2D eigenvalue weighted by Crippen LogP contribution is 2.28. The minimum atomic E-state index is -0.116. The molecular weight excluding hydrogens is 280 g/mol. The van der Waals surface area contributed by atoms with Crippen LogP contribution in [0.3, 0.4) is 0 Å². The molecule has 0 amide bonds. The summed E-state index contributed by atoms with van der Waals surface area (Å²) in [5, 5.41) is 0. The normalized spacial score (nSPS) is 14.8. The highest BCUT2D eigenvalue weighted by Gasteiger charge is 2.18. The van der Waals surface area contributed by atoms with Crippen molar-refractivity contribution >= 4 is 28.3 Å². The summed E-state index contributed by atoms with van der Waals surface area (Å²) >= 11 is 2.37. The Labute approximate surface area is 91.1 Å². The number of hydrogen-bond donors (Lipinski definition) is 0. The Morgan fingerprint density at radius 3 is 3.08 bits per heavy atom. The molecule has 1 heterocycles. The monoisotopic (exact) mass is 291 g/mol. The van der Waals surface area contributed by atoms with E-state index in [2.05, 4.69) is 27.5 Å². The molecule has 1 aliphatic heterocycles. The zero-order chi connectivity index (χ0) is 9.26. The second-order valence-corrected chi connectivity index (χ2v) is 4.28. The van der Waals surface area contributed by atoms with Gasteiger partial charge in [0.25, 0.3) is 0 Å². The van der Waals surface area contributed by atoms with Crippen molar-refractivity contribution in [3.8, 4) is 0 Å². The maximum atomic E-state index is 12.9. The summed E-state index contributed by atoms with van der Waals surface area (Å²) in [6, 6.07) is 5.09. The molecule has 0 bridgehead atoms. The van der Waals surface area contributed by atoms with Crippen molar-refractivity contribution < 1.29 is 4.39 Å². The third-order valence-electron chi connectivity index (χ3n) is 2.39. The first-order valence-electron chi connectivity index (χ1n) is 4.40. The second-order valence-electron chi connectivity index (χ2n) is 3.20. The Balaban J connectivity index is 2.27. The molecule has 1 aliphatic rings. The largest absolute Gasteiger partial charge is 0.370 e. The first-order valence-corrected chi connectivity index (χ1v) is 5.93. The summed E-state index contributed by atoms with van der Waals surface area (Å²) in [5.74, 6) is -0.116. The summed E-state index contributed by atoms with van der Waals surface area (Å²) < 4.78 is 14.0. The van der Waals surface area contributed by atoms with Crippen molar-refractivity contribution in [3.05, 3.63) is 29.6 Å². The van der Waals surface area contributed by atoms with E-state index in [9.17, 15) is 4.39 Å². The van der Waals surface area contributed by atoms with E-state index in [-0.39, 0.29) is 5.82 Å². The van der Waals surface area contributed by atoms with Crippen LogP contribution in [-0.2, 0) is 6.42 Å². The van der Waals surface area contributed by atoms with E-state index >= 15 is 0 Å². The van der Waals surface area contributed by atoms with Gasteiger partial charge in [-0.3, -0.25) is 0 Å². The summed E-state index contributed by atoms with van der Waals surface area (Å²) in [6.07, 6.45) is 0.990. The Morgan fingerprint density at radius 1 is 1.46 bits per heavy atom. The van der Waals surface area contributed by atoms with Crippen LogP contribution in [0.5, 0.6) is 0 Å². The number of hydrogen-bond acceptors (Lipinski definition) is 1. The molecule has 70 valence electrons. The highest BCUT2D eigenvalue weighted by molar-refractivity contribution is 14.1. The Bertz CT molecular complexity index is 314. The number of alkyl halides is 1. The van der Waals surface area contributed by atoms with Gasteiger partial charge in [-0.05, 0) is 30.2 Å². The minimum absolute atomic E-state index is 0.116. The lowest BCUT2D eigenvalue weighted by molar-refractivity contribution is 0.626. The van der Waals surface area contributed by atoms with E-state index < -0.39 is 0 Å². The van der Waals surface area contributed by atoms with Gasteiger partial charge in [0.1, 0.15) is 5.82 Å². The van der Waals surface area contributed by atoms with Crippen molar-refractivity contribution in [1.29, 1.82) is 0 Å². The van der Waals surface area contributed by atoms with E-state index in [0.29, 0.717) is 0 Å². The zero-order valence-corrected chi connectivity index (χ0v) is 9.42.